The Balaban J connectivity index is 2.37. The molecule has 1 aromatic carbocycles. The molecule has 124 valence electrons. The van der Waals surface area contributed by atoms with Gasteiger partial charge in [-0.15, -0.1) is 0 Å². The molecule has 1 heterocycles. The zero-order valence-corrected chi connectivity index (χ0v) is 14.5. The third kappa shape index (κ3) is 4.30. The topological polar surface area (TPSA) is 79.4 Å². The smallest absolute Gasteiger partial charge is 0.404 e. The third-order valence-electron chi connectivity index (χ3n) is 3.08. The maximum absolute atomic E-state index is 10.8. The van der Waals surface area contributed by atoms with E-state index in [2.05, 4.69) is 5.10 Å². The van der Waals surface area contributed by atoms with Crippen LogP contribution >= 0.6 is 23.2 Å². The zero-order valence-electron chi connectivity index (χ0n) is 13.0. The molecular formula is C15H17Cl2N3O3. The Morgan fingerprint density at radius 1 is 1.30 bits per heavy atom. The van der Waals surface area contributed by atoms with Crippen LogP contribution in [0.5, 0.6) is 11.6 Å². The summed E-state index contributed by atoms with van der Waals surface area (Å²) in [4.78, 5) is 10.8. The van der Waals surface area contributed by atoms with E-state index in [0.717, 1.165) is 5.56 Å². The maximum Gasteiger partial charge on any atom is 0.404 e. The number of nitrogens with zero attached hydrogens (tertiary/aromatic N) is 2. The number of halogens is 2. The van der Waals surface area contributed by atoms with Crippen molar-refractivity contribution in [1.82, 2.24) is 9.78 Å². The summed E-state index contributed by atoms with van der Waals surface area (Å²) < 4.78 is 12.4. The van der Waals surface area contributed by atoms with Crippen LogP contribution in [-0.2, 0) is 11.3 Å². The van der Waals surface area contributed by atoms with Gasteiger partial charge in [0.2, 0.25) is 5.88 Å². The fourth-order valence-corrected chi connectivity index (χ4v) is 2.50. The van der Waals surface area contributed by atoms with E-state index in [4.69, 9.17) is 38.4 Å². The van der Waals surface area contributed by atoms with Gasteiger partial charge in [0.25, 0.3) is 0 Å². The van der Waals surface area contributed by atoms with Gasteiger partial charge in [0.05, 0.1) is 6.04 Å². The summed E-state index contributed by atoms with van der Waals surface area (Å²) in [5.74, 6) is 1.02. The van der Waals surface area contributed by atoms with Crippen LogP contribution in [0.4, 0.5) is 4.79 Å². The first-order valence-electron chi connectivity index (χ1n) is 6.92. The van der Waals surface area contributed by atoms with Crippen molar-refractivity contribution < 1.29 is 14.3 Å². The molecule has 0 aliphatic carbocycles. The van der Waals surface area contributed by atoms with E-state index in [1.54, 1.807) is 22.9 Å². The summed E-state index contributed by atoms with van der Waals surface area (Å²) in [6.45, 7) is 5.73. The average Bonchev–Trinajstić information content (AvgIpc) is 2.73. The minimum Gasteiger partial charge on any atom is -0.443 e. The molecule has 0 aliphatic rings. The van der Waals surface area contributed by atoms with E-state index in [0.29, 0.717) is 27.4 Å². The lowest BCUT2D eigenvalue weighted by Crippen LogP contribution is -2.13. The Morgan fingerprint density at radius 2 is 1.91 bits per heavy atom. The molecule has 2 aromatic rings. The highest BCUT2D eigenvalue weighted by Crippen LogP contribution is 2.33. The van der Waals surface area contributed by atoms with Crippen LogP contribution in [0.3, 0.4) is 0 Å². The molecule has 6 nitrogen and oxygen atoms in total. The first-order valence-corrected chi connectivity index (χ1v) is 7.67. The lowest BCUT2D eigenvalue weighted by Gasteiger charge is -2.13. The second-order valence-electron chi connectivity index (χ2n) is 5.23. The average molecular weight is 358 g/mol. The second kappa shape index (κ2) is 7.10. The van der Waals surface area contributed by atoms with Crippen LogP contribution in [-0.4, -0.2) is 15.9 Å². The fraction of sp³-hybridized carbons (Fsp3) is 0.333. The molecule has 0 saturated carbocycles. The molecule has 0 saturated heterocycles. The maximum atomic E-state index is 10.8. The highest BCUT2D eigenvalue weighted by atomic mass is 35.5. The lowest BCUT2D eigenvalue weighted by molar-refractivity contribution is 0.148. The molecule has 0 spiro atoms. The highest BCUT2D eigenvalue weighted by Gasteiger charge is 2.19. The number of carbonyl (C=O) groups excluding carboxylic acids is 1. The Morgan fingerprint density at radius 3 is 2.43 bits per heavy atom. The molecule has 2 N–H and O–H groups in total. The predicted molar refractivity (Wildman–Crippen MR) is 88.3 cm³/mol. The molecule has 23 heavy (non-hydrogen) atoms. The van der Waals surface area contributed by atoms with Crippen molar-refractivity contribution in [3.63, 3.8) is 0 Å². The van der Waals surface area contributed by atoms with E-state index in [1.165, 1.54) is 0 Å². The SMILES string of the molecule is Cc1c(COC(N)=O)nn(C(C)C)c1Oc1cc(Cl)cc(Cl)c1. The van der Waals surface area contributed by atoms with Crippen LogP contribution in [0.1, 0.15) is 31.1 Å². The van der Waals surface area contributed by atoms with Gasteiger partial charge < -0.3 is 15.2 Å². The summed E-state index contributed by atoms with van der Waals surface area (Å²) >= 11 is 12.0. The molecule has 0 fully saturated rings. The van der Waals surface area contributed by atoms with Crippen LogP contribution in [0, 0.1) is 6.92 Å². The molecule has 0 aliphatic heterocycles. The van der Waals surface area contributed by atoms with Crippen molar-refractivity contribution in [3.05, 3.63) is 39.5 Å². The zero-order chi connectivity index (χ0) is 17.1. The van der Waals surface area contributed by atoms with Gasteiger partial charge in [0, 0.05) is 15.6 Å². The number of carbonyl (C=O) groups is 1. The van der Waals surface area contributed by atoms with E-state index < -0.39 is 6.09 Å². The summed E-state index contributed by atoms with van der Waals surface area (Å²) in [5, 5.41) is 5.36. The van der Waals surface area contributed by atoms with Gasteiger partial charge in [-0.2, -0.15) is 5.10 Å². The number of rotatable bonds is 5. The third-order valence-corrected chi connectivity index (χ3v) is 3.52. The second-order valence-corrected chi connectivity index (χ2v) is 6.10. The summed E-state index contributed by atoms with van der Waals surface area (Å²) in [6, 6.07) is 4.98. The lowest BCUT2D eigenvalue weighted by atomic mass is 10.2. The molecule has 2 rings (SSSR count). The molecule has 0 radical (unpaired) electrons. The number of primary amides is 1. The predicted octanol–water partition coefficient (Wildman–Crippen LogP) is 4.47. The van der Waals surface area contributed by atoms with E-state index >= 15 is 0 Å². The summed E-state index contributed by atoms with van der Waals surface area (Å²) in [7, 11) is 0. The number of nitrogens with two attached hydrogens (primary N) is 1. The molecule has 0 atom stereocenters. The van der Waals surface area contributed by atoms with Gasteiger partial charge in [-0.1, -0.05) is 23.2 Å². The molecular weight excluding hydrogens is 341 g/mol. The normalized spacial score (nSPS) is 10.9. The van der Waals surface area contributed by atoms with Crippen LogP contribution in [0.15, 0.2) is 18.2 Å². The first-order chi connectivity index (χ1) is 10.8. The van der Waals surface area contributed by atoms with Gasteiger partial charge in [0.1, 0.15) is 18.1 Å². The van der Waals surface area contributed by atoms with Crippen LogP contribution < -0.4 is 10.5 Å². The first kappa shape index (κ1) is 17.4. The quantitative estimate of drug-likeness (QED) is 0.855. The molecule has 1 aromatic heterocycles. The molecule has 0 unspecified atom stereocenters. The van der Waals surface area contributed by atoms with Crippen molar-refractivity contribution >= 4 is 29.3 Å². The molecule has 0 bridgehead atoms. The van der Waals surface area contributed by atoms with E-state index in [1.807, 2.05) is 20.8 Å². The van der Waals surface area contributed by atoms with Crippen LogP contribution in [0.2, 0.25) is 10.0 Å². The number of aromatic nitrogens is 2. The van der Waals surface area contributed by atoms with Crippen molar-refractivity contribution in [3.8, 4) is 11.6 Å². The Kier molecular flexibility index (Phi) is 5.38. The Hall–Kier alpha value is -1.92. The number of hydrogen-bond donors (Lipinski definition) is 1. The standard InChI is InChI=1S/C15H17Cl2N3O3/c1-8(2)20-14(9(3)13(19-20)7-22-15(18)21)23-12-5-10(16)4-11(17)6-12/h4-6,8H,7H2,1-3H3,(H2,18,21). The number of amides is 1. The monoisotopic (exact) mass is 357 g/mol. The fourth-order valence-electron chi connectivity index (χ4n) is 1.99. The van der Waals surface area contributed by atoms with Gasteiger partial charge in [-0.3, -0.25) is 0 Å². The van der Waals surface area contributed by atoms with Crippen molar-refractivity contribution in [2.45, 2.75) is 33.4 Å². The van der Waals surface area contributed by atoms with Gasteiger partial charge >= 0.3 is 6.09 Å². The van der Waals surface area contributed by atoms with Gasteiger partial charge in [-0.05, 0) is 39.0 Å². The minimum absolute atomic E-state index is 0.0203. The van der Waals surface area contributed by atoms with Crippen molar-refractivity contribution in [2.75, 3.05) is 0 Å². The number of hydrogen-bond acceptors (Lipinski definition) is 4. The number of ether oxygens (including phenoxy) is 2. The summed E-state index contributed by atoms with van der Waals surface area (Å²) in [5.41, 5.74) is 6.31. The minimum atomic E-state index is -0.854. The largest absolute Gasteiger partial charge is 0.443 e. The molecule has 8 heteroatoms. The van der Waals surface area contributed by atoms with E-state index in [9.17, 15) is 4.79 Å². The van der Waals surface area contributed by atoms with Gasteiger partial charge in [0.15, 0.2) is 0 Å². The highest BCUT2D eigenvalue weighted by molar-refractivity contribution is 6.34. The van der Waals surface area contributed by atoms with E-state index in [-0.39, 0.29) is 12.6 Å². The van der Waals surface area contributed by atoms with Crippen molar-refractivity contribution in [2.24, 2.45) is 5.73 Å². The summed E-state index contributed by atoms with van der Waals surface area (Å²) in [6.07, 6.45) is -0.854. The van der Waals surface area contributed by atoms with Gasteiger partial charge in [-0.25, -0.2) is 9.48 Å². The molecule has 1 amide bonds. The Labute approximate surface area is 144 Å². The van der Waals surface area contributed by atoms with Crippen molar-refractivity contribution in [1.29, 1.82) is 0 Å². The number of benzene rings is 1. The van der Waals surface area contributed by atoms with Crippen LogP contribution in [0.25, 0.3) is 0 Å². The Bertz CT molecular complexity index is 709.